The normalized spacial score (nSPS) is 11.7. The number of hydrogen-bond donors (Lipinski definition) is 4. The van der Waals surface area contributed by atoms with Crippen LogP contribution in [0.4, 0.5) is 24.7 Å². The first-order valence-corrected chi connectivity index (χ1v) is 14.5. The molecule has 0 saturated carbocycles. The first-order chi connectivity index (χ1) is 21.9. The predicted molar refractivity (Wildman–Crippen MR) is 169 cm³/mol. The maximum absolute atomic E-state index is 12.6. The number of carbonyl (C=O) groups excluding carboxylic acids is 4. The lowest BCUT2D eigenvalue weighted by Gasteiger charge is -2.12. The van der Waals surface area contributed by atoms with Gasteiger partial charge in [-0.25, -0.2) is 4.98 Å². The minimum Gasteiger partial charge on any atom is -0.373 e. The van der Waals surface area contributed by atoms with Crippen LogP contribution in [-0.4, -0.2) is 52.2 Å². The summed E-state index contributed by atoms with van der Waals surface area (Å²) in [5.74, 6) is -0.976. The summed E-state index contributed by atoms with van der Waals surface area (Å²) in [5.41, 5.74) is 11.5. The lowest BCUT2D eigenvalue weighted by atomic mass is 9.95. The number of primary amides is 1. The molecule has 4 aromatic rings. The highest BCUT2D eigenvalue weighted by Gasteiger charge is 2.32. The number of benzene rings is 2. The second-order valence-corrected chi connectivity index (χ2v) is 10.5. The second-order valence-electron chi connectivity index (χ2n) is 10.1. The van der Waals surface area contributed by atoms with E-state index in [2.05, 4.69) is 20.7 Å². The van der Waals surface area contributed by atoms with E-state index in [-0.39, 0.29) is 36.2 Å². The SMILES string of the molecule is CNc1cccc(C(F)(F)F)n1.NCCC(CC=O)CCC(=O)Cn1nc(C(N)=O)c2cc(NC(=O)c3ccccc3Cl)ccc21. The third-order valence-corrected chi connectivity index (χ3v) is 7.15. The van der Waals surface area contributed by atoms with E-state index in [0.29, 0.717) is 53.0 Å². The number of halogens is 4. The van der Waals surface area contributed by atoms with Gasteiger partial charge in [0.25, 0.3) is 11.8 Å². The van der Waals surface area contributed by atoms with Crippen molar-refractivity contribution in [3.05, 3.63) is 82.6 Å². The lowest BCUT2D eigenvalue weighted by Crippen LogP contribution is -2.16. The third-order valence-electron chi connectivity index (χ3n) is 6.82. The van der Waals surface area contributed by atoms with Crippen molar-refractivity contribution in [1.82, 2.24) is 14.8 Å². The molecule has 0 spiro atoms. The average Bonchev–Trinajstić information content (AvgIpc) is 3.37. The predicted octanol–water partition coefficient (Wildman–Crippen LogP) is 5.09. The van der Waals surface area contributed by atoms with Gasteiger partial charge in [0.1, 0.15) is 24.3 Å². The van der Waals surface area contributed by atoms with E-state index in [1.54, 1.807) is 42.5 Å². The molecule has 2 aromatic carbocycles. The molecule has 6 N–H and O–H groups in total. The van der Waals surface area contributed by atoms with Crippen LogP contribution in [0.5, 0.6) is 0 Å². The molecular formula is C31H33ClF3N7O4. The zero-order chi connectivity index (χ0) is 33.9. The summed E-state index contributed by atoms with van der Waals surface area (Å²) in [6, 6.07) is 15.2. The third kappa shape index (κ3) is 9.84. The molecule has 0 radical (unpaired) electrons. The minimum atomic E-state index is -4.37. The molecule has 2 aromatic heterocycles. The number of aldehydes is 1. The highest BCUT2D eigenvalue weighted by molar-refractivity contribution is 6.34. The number of hydrogen-bond acceptors (Lipinski definition) is 8. The lowest BCUT2D eigenvalue weighted by molar-refractivity contribution is -0.141. The number of anilines is 2. The van der Waals surface area contributed by atoms with Gasteiger partial charge in [-0.1, -0.05) is 29.8 Å². The van der Waals surface area contributed by atoms with Crippen LogP contribution in [-0.2, 0) is 22.3 Å². The number of fused-ring (bicyclic) bond motifs is 1. The van der Waals surface area contributed by atoms with Gasteiger partial charge in [-0.05, 0) is 67.8 Å². The molecule has 46 heavy (non-hydrogen) atoms. The van der Waals surface area contributed by atoms with Crippen molar-refractivity contribution in [1.29, 1.82) is 0 Å². The fraction of sp³-hybridized carbons (Fsp3) is 0.290. The second kappa shape index (κ2) is 16.5. The Morgan fingerprint density at radius 3 is 2.43 bits per heavy atom. The Balaban J connectivity index is 0.000000402. The molecule has 11 nitrogen and oxygen atoms in total. The summed E-state index contributed by atoms with van der Waals surface area (Å²) in [7, 11) is 1.52. The van der Waals surface area contributed by atoms with Crippen LogP contribution in [0.2, 0.25) is 5.02 Å². The Morgan fingerprint density at radius 2 is 1.80 bits per heavy atom. The molecule has 2 amide bonds. The van der Waals surface area contributed by atoms with Crippen LogP contribution in [0, 0.1) is 5.92 Å². The van der Waals surface area contributed by atoms with E-state index in [4.69, 9.17) is 23.1 Å². The number of nitrogens with zero attached hydrogens (tertiary/aromatic N) is 3. The number of rotatable bonds is 13. The standard InChI is InChI=1S/C24H26ClN5O4.C7H7F3N2/c25-20-4-2-1-3-18(20)24(34)28-16-6-8-21-19(13-16)22(23(27)33)29-30(21)14-17(32)7-5-15(9-11-26)10-12-31;1-11-6-4-2-3-5(12-6)7(8,9)10/h1-4,6,8,12-13,15H,5,7,9-11,14,26H2,(H2,27,33)(H,28,34);2-4H,1H3,(H,11,12). The monoisotopic (exact) mass is 659 g/mol. The topological polar surface area (TPSA) is 175 Å². The van der Waals surface area contributed by atoms with Crippen molar-refractivity contribution in [2.75, 3.05) is 24.2 Å². The number of alkyl halides is 3. The van der Waals surface area contributed by atoms with Crippen LogP contribution < -0.4 is 22.1 Å². The summed E-state index contributed by atoms with van der Waals surface area (Å²) in [4.78, 5) is 51.3. The highest BCUT2D eigenvalue weighted by Crippen LogP contribution is 2.28. The molecule has 0 bridgehead atoms. The summed E-state index contributed by atoms with van der Waals surface area (Å²) in [6.45, 7) is 0.402. The Hall–Kier alpha value is -4.82. The van der Waals surface area contributed by atoms with Gasteiger partial charge in [0.2, 0.25) is 0 Å². The van der Waals surface area contributed by atoms with E-state index in [1.165, 1.54) is 23.9 Å². The van der Waals surface area contributed by atoms with Crippen LogP contribution >= 0.6 is 11.6 Å². The van der Waals surface area contributed by atoms with Gasteiger partial charge in [0.05, 0.1) is 16.1 Å². The molecule has 1 atom stereocenters. The van der Waals surface area contributed by atoms with Gasteiger partial charge < -0.3 is 26.9 Å². The molecule has 0 saturated heterocycles. The van der Waals surface area contributed by atoms with Gasteiger partial charge in [0.15, 0.2) is 11.5 Å². The zero-order valence-electron chi connectivity index (χ0n) is 24.8. The number of ketones is 1. The van der Waals surface area contributed by atoms with Gasteiger partial charge in [-0.15, -0.1) is 0 Å². The molecule has 1 unspecified atom stereocenters. The number of nitrogens with two attached hydrogens (primary N) is 2. The van der Waals surface area contributed by atoms with Gasteiger partial charge in [-0.3, -0.25) is 19.1 Å². The van der Waals surface area contributed by atoms with E-state index < -0.39 is 23.7 Å². The average molecular weight is 660 g/mol. The van der Waals surface area contributed by atoms with E-state index in [9.17, 15) is 32.3 Å². The summed E-state index contributed by atoms with van der Waals surface area (Å²) in [5, 5.41) is 10.2. The molecule has 244 valence electrons. The van der Waals surface area contributed by atoms with Crippen LogP contribution in [0.25, 0.3) is 10.9 Å². The number of nitrogens with one attached hydrogen (secondary N) is 2. The van der Waals surface area contributed by atoms with Crippen molar-refractivity contribution >= 4 is 57.9 Å². The molecule has 0 aliphatic rings. The Labute approximate surface area is 267 Å². The maximum atomic E-state index is 12.6. The Kier molecular flexibility index (Phi) is 12.8. The zero-order valence-corrected chi connectivity index (χ0v) is 25.6. The Bertz CT molecular complexity index is 1690. The molecule has 0 aliphatic carbocycles. The van der Waals surface area contributed by atoms with E-state index in [1.807, 2.05) is 0 Å². The number of amides is 2. The fourth-order valence-electron chi connectivity index (χ4n) is 4.50. The fourth-order valence-corrected chi connectivity index (χ4v) is 4.72. The van der Waals surface area contributed by atoms with Gasteiger partial charge in [-0.2, -0.15) is 18.3 Å². The van der Waals surface area contributed by atoms with Crippen LogP contribution in [0.1, 0.15) is 52.2 Å². The smallest absolute Gasteiger partial charge is 0.373 e. The molecular weight excluding hydrogens is 627 g/mol. The molecule has 4 rings (SSSR count). The van der Waals surface area contributed by atoms with Crippen molar-refractivity contribution in [2.24, 2.45) is 17.4 Å². The van der Waals surface area contributed by atoms with Crippen LogP contribution in [0.15, 0.2) is 60.7 Å². The highest BCUT2D eigenvalue weighted by atomic mass is 35.5. The quantitative estimate of drug-likeness (QED) is 0.144. The van der Waals surface area contributed by atoms with Crippen LogP contribution in [0.3, 0.4) is 0 Å². The van der Waals surface area contributed by atoms with Gasteiger partial charge >= 0.3 is 6.18 Å². The maximum Gasteiger partial charge on any atom is 0.433 e. The summed E-state index contributed by atoms with van der Waals surface area (Å²) in [6.07, 6.45) is -1.68. The largest absolute Gasteiger partial charge is 0.433 e. The van der Waals surface area contributed by atoms with Crippen molar-refractivity contribution in [3.63, 3.8) is 0 Å². The summed E-state index contributed by atoms with van der Waals surface area (Å²) < 4.78 is 37.5. The minimum absolute atomic E-state index is 0.00129. The number of aromatic nitrogens is 3. The van der Waals surface area contributed by atoms with Gasteiger partial charge in [0, 0.05) is 31.0 Å². The summed E-state index contributed by atoms with van der Waals surface area (Å²) >= 11 is 6.09. The van der Waals surface area contributed by atoms with E-state index >= 15 is 0 Å². The number of carbonyl (C=O) groups is 4. The first-order valence-electron chi connectivity index (χ1n) is 14.1. The number of Topliss-reactive ketones (excluding diaryl/α,β-unsaturated/α-hetero) is 1. The molecule has 0 fully saturated rings. The van der Waals surface area contributed by atoms with Crippen molar-refractivity contribution in [3.8, 4) is 0 Å². The van der Waals surface area contributed by atoms with Crippen molar-refractivity contribution < 1.29 is 32.3 Å². The van der Waals surface area contributed by atoms with E-state index in [0.717, 1.165) is 12.4 Å². The molecule has 15 heteroatoms. The first kappa shape index (κ1) is 35.7. The number of pyridine rings is 1. The molecule has 2 heterocycles. The van der Waals surface area contributed by atoms with Crippen molar-refractivity contribution in [2.45, 2.75) is 38.4 Å². The Morgan fingerprint density at radius 1 is 1.07 bits per heavy atom. The molecule has 0 aliphatic heterocycles.